The van der Waals surface area contributed by atoms with Crippen LogP contribution in [-0.2, 0) is 9.53 Å². The van der Waals surface area contributed by atoms with Crippen molar-refractivity contribution in [1.82, 2.24) is 0 Å². The smallest absolute Gasteiger partial charge is 0.341 e. The second-order valence-corrected chi connectivity index (χ2v) is 7.64. The highest BCUT2D eigenvalue weighted by molar-refractivity contribution is 7.15. The molecule has 1 atom stereocenters. The number of hydrogen-bond acceptors (Lipinski definition) is 5. The van der Waals surface area contributed by atoms with Crippen molar-refractivity contribution in [3.8, 4) is 16.9 Å². The fourth-order valence-corrected chi connectivity index (χ4v) is 3.94. The van der Waals surface area contributed by atoms with Gasteiger partial charge >= 0.3 is 5.97 Å². The molecule has 0 saturated heterocycles. The van der Waals surface area contributed by atoms with E-state index in [-0.39, 0.29) is 12.5 Å². The Morgan fingerprint density at radius 2 is 1.73 bits per heavy atom. The van der Waals surface area contributed by atoms with Crippen LogP contribution in [0.25, 0.3) is 11.1 Å². The van der Waals surface area contributed by atoms with Gasteiger partial charge in [0.2, 0.25) is 0 Å². The Morgan fingerprint density at radius 1 is 1.03 bits per heavy atom. The molecule has 0 spiro atoms. The molecule has 3 aromatic rings. The molecule has 156 valence electrons. The van der Waals surface area contributed by atoms with Crippen LogP contribution in [0.1, 0.15) is 36.2 Å². The molecule has 0 aliphatic heterocycles. The number of benzene rings is 2. The van der Waals surface area contributed by atoms with Gasteiger partial charge in [-0.3, -0.25) is 4.79 Å². The SMILES string of the molecule is CCOC(=O)c1c(-c2ccc(C)cc2)csc1NC(=O)C(CC)Oc1ccccc1. The number of carbonyl (C=O) groups excluding carboxylic acids is 2. The number of esters is 1. The molecule has 0 bridgehead atoms. The summed E-state index contributed by atoms with van der Waals surface area (Å²) in [5, 5.41) is 5.21. The number of hydrogen-bond donors (Lipinski definition) is 1. The molecule has 0 radical (unpaired) electrons. The fourth-order valence-electron chi connectivity index (χ4n) is 2.98. The van der Waals surface area contributed by atoms with Crippen LogP contribution in [-0.4, -0.2) is 24.6 Å². The van der Waals surface area contributed by atoms with E-state index in [0.29, 0.717) is 22.7 Å². The second kappa shape index (κ2) is 10.1. The molecule has 3 rings (SSSR count). The van der Waals surface area contributed by atoms with Crippen LogP contribution in [0.3, 0.4) is 0 Å². The minimum absolute atomic E-state index is 0.254. The van der Waals surface area contributed by atoms with Crippen LogP contribution in [0.4, 0.5) is 5.00 Å². The van der Waals surface area contributed by atoms with E-state index in [1.807, 2.05) is 61.7 Å². The van der Waals surface area contributed by atoms with Gasteiger partial charge in [0, 0.05) is 10.9 Å². The summed E-state index contributed by atoms with van der Waals surface area (Å²) in [6, 6.07) is 17.1. The van der Waals surface area contributed by atoms with Crippen molar-refractivity contribution in [2.75, 3.05) is 11.9 Å². The number of aryl methyl sites for hydroxylation is 1. The van der Waals surface area contributed by atoms with Crippen molar-refractivity contribution in [2.24, 2.45) is 0 Å². The highest BCUT2D eigenvalue weighted by Crippen LogP contribution is 2.36. The highest BCUT2D eigenvalue weighted by atomic mass is 32.1. The van der Waals surface area contributed by atoms with E-state index >= 15 is 0 Å². The molecular weight excluding hydrogens is 398 g/mol. The van der Waals surface area contributed by atoms with Gasteiger partial charge in [0.1, 0.15) is 16.3 Å². The first-order chi connectivity index (χ1) is 14.5. The number of carbonyl (C=O) groups is 2. The third-order valence-electron chi connectivity index (χ3n) is 4.55. The molecule has 1 unspecified atom stereocenters. The molecule has 0 aliphatic carbocycles. The predicted octanol–water partition coefficient (Wildman–Crippen LogP) is 5.70. The largest absolute Gasteiger partial charge is 0.481 e. The average Bonchev–Trinajstić information content (AvgIpc) is 3.17. The first kappa shape index (κ1) is 21.6. The van der Waals surface area contributed by atoms with Crippen molar-refractivity contribution < 1.29 is 19.1 Å². The van der Waals surface area contributed by atoms with Crippen molar-refractivity contribution >= 4 is 28.2 Å². The summed E-state index contributed by atoms with van der Waals surface area (Å²) in [5.74, 6) is -0.137. The molecular formula is C24H25NO4S. The maximum absolute atomic E-state index is 12.9. The van der Waals surface area contributed by atoms with Gasteiger partial charge in [0.05, 0.1) is 6.61 Å². The third kappa shape index (κ3) is 5.07. The zero-order valence-corrected chi connectivity index (χ0v) is 18.1. The lowest BCUT2D eigenvalue weighted by Crippen LogP contribution is -2.32. The number of thiophene rings is 1. The zero-order valence-electron chi connectivity index (χ0n) is 17.3. The quantitative estimate of drug-likeness (QED) is 0.472. The molecule has 2 aromatic carbocycles. The summed E-state index contributed by atoms with van der Waals surface area (Å²) >= 11 is 1.30. The van der Waals surface area contributed by atoms with Crippen LogP contribution in [0.15, 0.2) is 60.0 Å². The van der Waals surface area contributed by atoms with Crippen molar-refractivity contribution in [3.05, 3.63) is 71.1 Å². The molecule has 1 amide bonds. The van der Waals surface area contributed by atoms with E-state index in [9.17, 15) is 9.59 Å². The summed E-state index contributed by atoms with van der Waals surface area (Å²) in [5.41, 5.74) is 3.14. The number of ether oxygens (including phenoxy) is 2. The van der Waals surface area contributed by atoms with Gasteiger partial charge in [0.25, 0.3) is 5.91 Å². The third-order valence-corrected chi connectivity index (χ3v) is 5.45. The normalized spacial score (nSPS) is 11.6. The van der Waals surface area contributed by atoms with E-state index in [2.05, 4.69) is 5.32 Å². The molecule has 1 aromatic heterocycles. The number of para-hydroxylation sites is 1. The van der Waals surface area contributed by atoms with E-state index < -0.39 is 12.1 Å². The summed E-state index contributed by atoms with van der Waals surface area (Å²) in [6.45, 7) is 5.90. The van der Waals surface area contributed by atoms with Gasteiger partial charge in [-0.05, 0) is 38.0 Å². The molecule has 6 heteroatoms. The van der Waals surface area contributed by atoms with E-state index in [1.165, 1.54) is 11.3 Å². The fraction of sp³-hybridized carbons (Fsp3) is 0.250. The Balaban J connectivity index is 1.88. The molecule has 0 fully saturated rings. The number of amides is 1. The topological polar surface area (TPSA) is 64.6 Å². The standard InChI is InChI=1S/C24H25NO4S/c1-4-20(29-18-9-7-6-8-10-18)22(26)25-23-21(24(27)28-5-2)19(15-30-23)17-13-11-16(3)12-14-17/h6-15,20H,4-5H2,1-3H3,(H,25,26). The van der Waals surface area contributed by atoms with E-state index in [4.69, 9.17) is 9.47 Å². The monoisotopic (exact) mass is 423 g/mol. The van der Waals surface area contributed by atoms with Gasteiger partial charge in [-0.25, -0.2) is 4.79 Å². The molecule has 30 heavy (non-hydrogen) atoms. The van der Waals surface area contributed by atoms with Crippen molar-refractivity contribution in [3.63, 3.8) is 0 Å². The second-order valence-electron chi connectivity index (χ2n) is 6.76. The van der Waals surface area contributed by atoms with Crippen LogP contribution in [0.2, 0.25) is 0 Å². The minimum atomic E-state index is -0.674. The molecule has 0 saturated carbocycles. The van der Waals surface area contributed by atoms with E-state index in [1.54, 1.807) is 19.1 Å². The van der Waals surface area contributed by atoms with Gasteiger partial charge < -0.3 is 14.8 Å². The summed E-state index contributed by atoms with van der Waals surface area (Å²) in [6.07, 6.45) is -0.182. The van der Waals surface area contributed by atoms with Crippen molar-refractivity contribution in [1.29, 1.82) is 0 Å². The summed E-state index contributed by atoms with van der Waals surface area (Å²) in [7, 11) is 0. The van der Waals surface area contributed by atoms with Gasteiger partial charge in [-0.1, -0.05) is 55.0 Å². The minimum Gasteiger partial charge on any atom is -0.481 e. The Morgan fingerprint density at radius 3 is 2.37 bits per heavy atom. The predicted molar refractivity (Wildman–Crippen MR) is 120 cm³/mol. The first-order valence-corrected chi connectivity index (χ1v) is 10.8. The van der Waals surface area contributed by atoms with Gasteiger partial charge in [-0.15, -0.1) is 11.3 Å². The number of anilines is 1. The lowest BCUT2D eigenvalue weighted by atomic mass is 10.0. The molecule has 1 heterocycles. The Hall–Kier alpha value is -3.12. The van der Waals surface area contributed by atoms with Gasteiger partial charge in [0.15, 0.2) is 6.10 Å². The van der Waals surface area contributed by atoms with Crippen LogP contribution >= 0.6 is 11.3 Å². The van der Waals surface area contributed by atoms with Crippen molar-refractivity contribution in [2.45, 2.75) is 33.3 Å². The summed E-state index contributed by atoms with van der Waals surface area (Å²) < 4.78 is 11.1. The lowest BCUT2D eigenvalue weighted by molar-refractivity contribution is -0.122. The van der Waals surface area contributed by atoms with Gasteiger partial charge in [-0.2, -0.15) is 0 Å². The Labute approximate surface area is 180 Å². The van der Waals surface area contributed by atoms with Crippen LogP contribution in [0.5, 0.6) is 5.75 Å². The maximum atomic E-state index is 12.9. The van der Waals surface area contributed by atoms with E-state index in [0.717, 1.165) is 16.7 Å². The number of nitrogens with one attached hydrogen (secondary N) is 1. The van der Waals surface area contributed by atoms with Crippen LogP contribution < -0.4 is 10.1 Å². The maximum Gasteiger partial charge on any atom is 0.341 e. The Bertz CT molecular complexity index is 996. The molecule has 1 N–H and O–H groups in total. The lowest BCUT2D eigenvalue weighted by Gasteiger charge is -2.17. The Kier molecular flexibility index (Phi) is 7.25. The first-order valence-electron chi connectivity index (χ1n) is 9.91. The summed E-state index contributed by atoms with van der Waals surface area (Å²) in [4.78, 5) is 25.6. The zero-order chi connectivity index (χ0) is 21.5. The molecule has 5 nitrogen and oxygen atoms in total. The highest BCUT2D eigenvalue weighted by Gasteiger charge is 2.26. The molecule has 0 aliphatic rings. The van der Waals surface area contributed by atoms with Crippen LogP contribution in [0, 0.1) is 6.92 Å². The number of rotatable bonds is 8. The average molecular weight is 424 g/mol.